The Kier molecular flexibility index (Phi) is 5.54. The molecule has 5 heterocycles. The van der Waals surface area contributed by atoms with Crippen molar-refractivity contribution >= 4 is 32.9 Å². The van der Waals surface area contributed by atoms with Crippen LogP contribution in [0.2, 0.25) is 0 Å². The molecule has 6 nitrogen and oxygen atoms in total. The van der Waals surface area contributed by atoms with Crippen LogP contribution < -0.4 is 10.3 Å². The number of aromatic nitrogens is 2. The molecule has 4 aromatic rings. The highest BCUT2D eigenvalue weighted by Gasteiger charge is 2.20. The number of H-pyrrole nitrogens is 1. The maximum atomic E-state index is 12.9. The number of nitrogens with zero attached hydrogens (tertiary/aromatic N) is 3. The number of thiophene rings is 2. The molecule has 0 unspecified atom stereocenters. The number of nitrogens with one attached hydrogen (secondary N) is 1. The second-order valence-electron chi connectivity index (χ2n) is 8.85. The third-order valence-electron chi connectivity index (χ3n) is 6.50. The first-order valence-electron chi connectivity index (χ1n) is 11.4. The summed E-state index contributed by atoms with van der Waals surface area (Å²) in [6.07, 6.45) is 1.02. The van der Waals surface area contributed by atoms with Crippen molar-refractivity contribution in [3.8, 4) is 16.2 Å². The van der Waals surface area contributed by atoms with Gasteiger partial charge in [-0.3, -0.25) is 14.6 Å². The molecule has 33 heavy (non-hydrogen) atoms. The van der Waals surface area contributed by atoms with Crippen molar-refractivity contribution in [1.82, 2.24) is 19.8 Å². The van der Waals surface area contributed by atoms with Gasteiger partial charge in [-0.1, -0.05) is 12.1 Å². The largest absolute Gasteiger partial charge is 0.493 e. The summed E-state index contributed by atoms with van der Waals surface area (Å²) in [7, 11) is 0. The molecule has 0 saturated carbocycles. The Labute approximate surface area is 200 Å². The Bertz CT molecular complexity index is 1360. The molecule has 0 radical (unpaired) electrons. The molecule has 2 aliphatic heterocycles. The van der Waals surface area contributed by atoms with E-state index in [2.05, 4.69) is 57.4 Å². The average molecular weight is 479 g/mol. The van der Waals surface area contributed by atoms with Crippen LogP contribution in [0.1, 0.15) is 21.8 Å². The SMILES string of the molecule is Cc1ccc(-c2csc3nc(CN4CCN(Cc5ccc6c(c5)CCO6)CC4)[nH]c(=O)c23)s1. The van der Waals surface area contributed by atoms with E-state index in [1.54, 1.807) is 22.7 Å². The fourth-order valence-corrected chi connectivity index (χ4v) is 6.67. The summed E-state index contributed by atoms with van der Waals surface area (Å²) in [5.41, 5.74) is 3.66. The van der Waals surface area contributed by atoms with Gasteiger partial charge in [-0.05, 0) is 36.2 Å². The van der Waals surface area contributed by atoms with Gasteiger partial charge < -0.3 is 9.72 Å². The highest BCUT2D eigenvalue weighted by atomic mass is 32.1. The van der Waals surface area contributed by atoms with E-state index in [0.717, 1.165) is 78.0 Å². The lowest BCUT2D eigenvalue weighted by Crippen LogP contribution is -2.45. The first-order valence-corrected chi connectivity index (χ1v) is 13.1. The predicted octanol–water partition coefficient (Wildman–Crippen LogP) is 4.27. The minimum atomic E-state index is -0.0310. The van der Waals surface area contributed by atoms with E-state index in [1.807, 2.05) is 0 Å². The first-order chi connectivity index (χ1) is 16.1. The number of aryl methyl sites for hydroxylation is 1. The minimum Gasteiger partial charge on any atom is -0.493 e. The Hall–Kier alpha value is -2.52. The monoisotopic (exact) mass is 478 g/mol. The van der Waals surface area contributed by atoms with Gasteiger partial charge in [-0.25, -0.2) is 4.98 Å². The lowest BCUT2D eigenvalue weighted by Gasteiger charge is -2.34. The zero-order valence-corrected chi connectivity index (χ0v) is 20.2. The van der Waals surface area contributed by atoms with Gasteiger partial charge in [0.05, 0.1) is 18.5 Å². The minimum absolute atomic E-state index is 0.0310. The Morgan fingerprint density at radius 1 is 1.09 bits per heavy atom. The third kappa shape index (κ3) is 4.24. The van der Waals surface area contributed by atoms with Crippen LogP contribution in [-0.4, -0.2) is 52.6 Å². The van der Waals surface area contributed by atoms with Crippen LogP contribution in [0.15, 0.2) is 40.5 Å². The molecule has 0 amide bonds. The molecule has 0 spiro atoms. The summed E-state index contributed by atoms with van der Waals surface area (Å²) < 4.78 is 5.62. The summed E-state index contributed by atoms with van der Waals surface area (Å²) >= 11 is 3.27. The molecule has 2 aliphatic rings. The van der Waals surface area contributed by atoms with Crippen molar-refractivity contribution < 1.29 is 4.74 Å². The number of ether oxygens (including phenoxy) is 1. The van der Waals surface area contributed by atoms with Crippen molar-refractivity contribution in [2.45, 2.75) is 26.4 Å². The van der Waals surface area contributed by atoms with E-state index >= 15 is 0 Å². The Morgan fingerprint density at radius 2 is 1.91 bits per heavy atom. The summed E-state index contributed by atoms with van der Waals surface area (Å²) in [5, 5.41) is 2.78. The van der Waals surface area contributed by atoms with Gasteiger partial charge in [-0.15, -0.1) is 22.7 Å². The third-order valence-corrected chi connectivity index (χ3v) is 8.40. The summed E-state index contributed by atoms with van der Waals surface area (Å²) in [6, 6.07) is 10.8. The lowest BCUT2D eigenvalue weighted by atomic mass is 10.1. The molecule has 1 N–H and O–H groups in total. The molecule has 170 valence electrons. The second kappa shape index (κ2) is 8.68. The lowest BCUT2D eigenvalue weighted by molar-refractivity contribution is 0.120. The molecular formula is C25H26N4O2S2. The second-order valence-corrected chi connectivity index (χ2v) is 11.0. The maximum Gasteiger partial charge on any atom is 0.260 e. The van der Waals surface area contributed by atoms with Gasteiger partial charge in [0.15, 0.2) is 0 Å². The van der Waals surface area contributed by atoms with Crippen molar-refractivity contribution in [2.75, 3.05) is 32.8 Å². The highest BCUT2D eigenvalue weighted by Crippen LogP contribution is 2.35. The quantitative estimate of drug-likeness (QED) is 0.464. The first kappa shape index (κ1) is 21.0. The number of benzene rings is 1. The highest BCUT2D eigenvalue weighted by molar-refractivity contribution is 7.19. The Balaban J connectivity index is 1.11. The normalized spacial score (nSPS) is 16.9. The van der Waals surface area contributed by atoms with Crippen LogP contribution in [0.4, 0.5) is 0 Å². The Morgan fingerprint density at radius 3 is 2.70 bits per heavy atom. The predicted molar refractivity (Wildman–Crippen MR) is 134 cm³/mol. The van der Waals surface area contributed by atoms with Gasteiger partial charge >= 0.3 is 0 Å². The van der Waals surface area contributed by atoms with Crippen molar-refractivity contribution in [3.05, 3.63) is 67.9 Å². The van der Waals surface area contributed by atoms with E-state index in [-0.39, 0.29) is 5.56 Å². The van der Waals surface area contributed by atoms with Crippen molar-refractivity contribution in [1.29, 1.82) is 0 Å². The molecule has 8 heteroatoms. The van der Waals surface area contributed by atoms with Gasteiger partial charge in [-0.2, -0.15) is 0 Å². The average Bonchev–Trinajstić information content (AvgIpc) is 3.54. The number of piperazine rings is 1. The maximum absolute atomic E-state index is 12.9. The fraction of sp³-hybridized carbons (Fsp3) is 0.360. The van der Waals surface area contributed by atoms with E-state index in [9.17, 15) is 4.79 Å². The fourth-order valence-electron chi connectivity index (χ4n) is 4.74. The van der Waals surface area contributed by atoms with Crippen molar-refractivity contribution in [2.24, 2.45) is 0 Å². The molecule has 6 rings (SSSR count). The van der Waals surface area contributed by atoms with Crippen LogP contribution >= 0.6 is 22.7 Å². The van der Waals surface area contributed by atoms with Crippen molar-refractivity contribution in [3.63, 3.8) is 0 Å². The molecule has 0 bridgehead atoms. The van der Waals surface area contributed by atoms with Gasteiger partial charge in [0.1, 0.15) is 16.4 Å². The molecule has 0 atom stereocenters. The van der Waals surface area contributed by atoms with E-state index in [1.165, 1.54) is 16.0 Å². The molecule has 1 aromatic carbocycles. The smallest absolute Gasteiger partial charge is 0.260 e. The van der Waals surface area contributed by atoms with Crippen LogP contribution in [0.5, 0.6) is 5.75 Å². The van der Waals surface area contributed by atoms with Crippen LogP contribution in [0.25, 0.3) is 20.7 Å². The van der Waals surface area contributed by atoms with E-state index in [4.69, 9.17) is 9.72 Å². The molecular weight excluding hydrogens is 452 g/mol. The van der Waals surface area contributed by atoms with Crippen LogP contribution in [0, 0.1) is 6.92 Å². The summed E-state index contributed by atoms with van der Waals surface area (Å²) in [5.74, 6) is 1.81. The van der Waals surface area contributed by atoms with Gasteiger partial charge in [0, 0.05) is 59.8 Å². The number of fused-ring (bicyclic) bond motifs is 2. The molecule has 0 aliphatic carbocycles. The number of aromatic amines is 1. The van der Waals surface area contributed by atoms with Crippen LogP contribution in [-0.2, 0) is 19.5 Å². The van der Waals surface area contributed by atoms with Gasteiger partial charge in [0.2, 0.25) is 0 Å². The zero-order valence-electron chi connectivity index (χ0n) is 18.6. The molecule has 1 saturated heterocycles. The van der Waals surface area contributed by atoms with E-state index < -0.39 is 0 Å². The number of hydrogen-bond acceptors (Lipinski definition) is 7. The van der Waals surface area contributed by atoms with E-state index in [0.29, 0.717) is 6.54 Å². The standard InChI is InChI=1S/C25H26N4O2S2/c1-16-2-5-21(33-16)19-15-32-25-23(19)24(30)26-22(27-25)14-29-9-7-28(8-10-29)13-17-3-4-20-18(12-17)6-11-31-20/h2-5,12,15H,6-11,13-14H2,1H3,(H,26,27,30). The topological polar surface area (TPSA) is 61.5 Å². The van der Waals surface area contributed by atoms with Crippen LogP contribution in [0.3, 0.4) is 0 Å². The summed E-state index contributed by atoms with van der Waals surface area (Å²) in [6.45, 7) is 8.52. The molecule has 1 fully saturated rings. The number of hydrogen-bond donors (Lipinski definition) is 1. The molecule has 3 aromatic heterocycles. The number of rotatable bonds is 5. The summed E-state index contributed by atoms with van der Waals surface area (Å²) in [4.78, 5) is 28.9. The van der Waals surface area contributed by atoms with Gasteiger partial charge in [0.25, 0.3) is 5.56 Å². The zero-order chi connectivity index (χ0) is 22.4.